The fourth-order valence-electron chi connectivity index (χ4n) is 3.22. The molecule has 0 bridgehead atoms. The highest BCUT2D eigenvalue weighted by atomic mass is 35.5. The average molecular weight is 402 g/mol. The molecule has 2 aromatic carbocycles. The summed E-state index contributed by atoms with van der Waals surface area (Å²) in [5.41, 5.74) is 2.45. The lowest BCUT2D eigenvalue weighted by molar-refractivity contribution is 0.0936. The summed E-state index contributed by atoms with van der Waals surface area (Å²) in [4.78, 5) is 27.4. The maximum absolute atomic E-state index is 12.7. The number of anilines is 2. The zero-order valence-corrected chi connectivity index (χ0v) is 16.6. The molecule has 6 nitrogen and oxygen atoms in total. The maximum atomic E-state index is 12.7. The first-order valence-corrected chi connectivity index (χ1v) is 9.69. The molecule has 0 radical (unpaired) electrons. The number of methoxy groups -OCH3 is 1. The van der Waals surface area contributed by atoms with Gasteiger partial charge in [-0.15, -0.1) is 0 Å². The van der Waals surface area contributed by atoms with E-state index in [1.54, 1.807) is 37.4 Å². The Kier molecular flexibility index (Phi) is 6.90. The monoisotopic (exact) mass is 401 g/mol. The zero-order chi connectivity index (χ0) is 19.9. The summed E-state index contributed by atoms with van der Waals surface area (Å²) in [6.07, 6.45) is 2.22. The van der Waals surface area contributed by atoms with Crippen molar-refractivity contribution in [2.24, 2.45) is 0 Å². The molecule has 2 aromatic rings. The predicted molar refractivity (Wildman–Crippen MR) is 112 cm³/mol. The van der Waals surface area contributed by atoms with Crippen LogP contribution in [0.25, 0.3) is 0 Å². The molecule has 28 heavy (non-hydrogen) atoms. The number of nitrogens with zero attached hydrogens (tertiary/aromatic N) is 1. The van der Waals surface area contributed by atoms with Crippen molar-refractivity contribution >= 4 is 34.8 Å². The highest BCUT2D eigenvalue weighted by Gasteiger charge is 2.20. The van der Waals surface area contributed by atoms with E-state index in [1.165, 1.54) is 0 Å². The van der Waals surface area contributed by atoms with Crippen LogP contribution in [0.2, 0.25) is 5.02 Å². The van der Waals surface area contributed by atoms with Gasteiger partial charge in [0.05, 0.1) is 12.2 Å². The van der Waals surface area contributed by atoms with Crippen LogP contribution in [0.5, 0.6) is 0 Å². The van der Waals surface area contributed by atoms with Gasteiger partial charge in [0.15, 0.2) is 0 Å². The topological polar surface area (TPSA) is 70.7 Å². The van der Waals surface area contributed by atoms with E-state index in [4.69, 9.17) is 16.3 Å². The SMILES string of the molecule is COCCNC(=O)c1cc(NC(=O)c2cccc(Cl)c2)ccc1N1CCCC1. The van der Waals surface area contributed by atoms with Crippen LogP contribution in [0.4, 0.5) is 11.4 Å². The number of nitrogens with one attached hydrogen (secondary N) is 2. The average Bonchev–Trinajstić information content (AvgIpc) is 3.22. The van der Waals surface area contributed by atoms with Crippen molar-refractivity contribution in [2.75, 3.05) is 43.6 Å². The molecule has 2 amide bonds. The van der Waals surface area contributed by atoms with Crippen LogP contribution in [0.15, 0.2) is 42.5 Å². The van der Waals surface area contributed by atoms with Gasteiger partial charge in [-0.2, -0.15) is 0 Å². The Balaban J connectivity index is 1.82. The Morgan fingerprint density at radius 2 is 1.89 bits per heavy atom. The molecule has 0 aromatic heterocycles. The molecule has 1 heterocycles. The molecule has 1 fully saturated rings. The second-order valence-electron chi connectivity index (χ2n) is 6.64. The third kappa shape index (κ3) is 5.03. The fraction of sp³-hybridized carbons (Fsp3) is 0.333. The third-order valence-electron chi connectivity index (χ3n) is 4.62. The smallest absolute Gasteiger partial charge is 0.255 e. The van der Waals surface area contributed by atoms with Crippen LogP contribution in [0, 0.1) is 0 Å². The standard InChI is InChI=1S/C21H24ClN3O3/c1-28-12-9-23-21(27)18-14-17(7-8-19(18)25-10-2-3-11-25)24-20(26)15-5-4-6-16(22)13-15/h4-8,13-14H,2-3,9-12H2,1H3,(H,23,27)(H,24,26). The van der Waals surface area contributed by atoms with E-state index in [2.05, 4.69) is 15.5 Å². The maximum Gasteiger partial charge on any atom is 0.255 e. The summed E-state index contributed by atoms with van der Waals surface area (Å²) in [7, 11) is 1.59. The predicted octanol–water partition coefficient (Wildman–Crippen LogP) is 3.57. The van der Waals surface area contributed by atoms with Crippen molar-refractivity contribution < 1.29 is 14.3 Å². The van der Waals surface area contributed by atoms with Crippen molar-refractivity contribution in [1.29, 1.82) is 0 Å². The van der Waals surface area contributed by atoms with Crippen LogP contribution >= 0.6 is 11.6 Å². The van der Waals surface area contributed by atoms with Crippen LogP contribution < -0.4 is 15.5 Å². The molecule has 0 saturated carbocycles. The lowest BCUT2D eigenvalue weighted by atomic mass is 10.1. The number of hydrogen-bond donors (Lipinski definition) is 2. The highest BCUT2D eigenvalue weighted by molar-refractivity contribution is 6.31. The first kappa shape index (κ1) is 20.2. The first-order chi connectivity index (χ1) is 13.6. The minimum Gasteiger partial charge on any atom is -0.383 e. The van der Waals surface area contributed by atoms with E-state index < -0.39 is 0 Å². The summed E-state index contributed by atoms with van der Waals surface area (Å²) < 4.78 is 5.00. The first-order valence-electron chi connectivity index (χ1n) is 9.31. The van der Waals surface area contributed by atoms with E-state index in [0.29, 0.717) is 35.0 Å². The summed E-state index contributed by atoms with van der Waals surface area (Å²) in [5, 5.41) is 6.20. The molecular weight excluding hydrogens is 378 g/mol. The normalized spacial score (nSPS) is 13.4. The molecule has 0 spiro atoms. The Labute approximate surface area is 169 Å². The molecule has 0 atom stereocenters. The van der Waals surface area contributed by atoms with Gasteiger partial charge in [-0.1, -0.05) is 17.7 Å². The summed E-state index contributed by atoms with van der Waals surface area (Å²) in [6.45, 7) is 2.71. The molecule has 3 rings (SSSR count). The molecule has 1 aliphatic heterocycles. The largest absolute Gasteiger partial charge is 0.383 e. The molecule has 0 aliphatic carbocycles. The molecule has 7 heteroatoms. The Morgan fingerprint density at radius 1 is 1.11 bits per heavy atom. The lowest BCUT2D eigenvalue weighted by Crippen LogP contribution is -2.30. The quantitative estimate of drug-likeness (QED) is 0.696. The number of carbonyl (C=O) groups is 2. The van der Waals surface area contributed by atoms with Gasteiger partial charge >= 0.3 is 0 Å². The van der Waals surface area contributed by atoms with Gasteiger partial charge < -0.3 is 20.3 Å². The van der Waals surface area contributed by atoms with E-state index in [9.17, 15) is 9.59 Å². The Bertz CT molecular complexity index is 851. The van der Waals surface area contributed by atoms with Gasteiger partial charge in [-0.25, -0.2) is 0 Å². The van der Waals surface area contributed by atoms with Crippen molar-refractivity contribution in [1.82, 2.24) is 5.32 Å². The molecule has 148 valence electrons. The van der Waals surface area contributed by atoms with Gasteiger partial charge in [-0.05, 0) is 49.2 Å². The van der Waals surface area contributed by atoms with Gasteiger partial charge in [0.25, 0.3) is 11.8 Å². The van der Waals surface area contributed by atoms with Crippen LogP contribution in [-0.4, -0.2) is 45.2 Å². The van der Waals surface area contributed by atoms with Crippen molar-refractivity contribution in [3.05, 3.63) is 58.6 Å². The highest BCUT2D eigenvalue weighted by Crippen LogP contribution is 2.28. The fourth-order valence-corrected chi connectivity index (χ4v) is 3.41. The summed E-state index contributed by atoms with van der Waals surface area (Å²) >= 11 is 5.96. The Morgan fingerprint density at radius 3 is 2.61 bits per heavy atom. The second kappa shape index (κ2) is 9.57. The number of carbonyl (C=O) groups excluding carboxylic acids is 2. The number of hydrogen-bond acceptors (Lipinski definition) is 4. The van der Waals surface area contributed by atoms with E-state index in [1.807, 2.05) is 12.1 Å². The van der Waals surface area contributed by atoms with Gasteiger partial charge in [-0.3, -0.25) is 9.59 Å². The molecular formula is C21H24ClN3O3. The zero-order valence-electron chi connectivity index (χ0n) is 15.8. The summed E-state index contributed by atoms with van der Waals surface area (Å²) in [6, 6.07) is 12.2. The van der Waals surface area contributed by atoms with Crippen LogP contribution in [-0.2, 0) is 4.74 Å². The molecule has 1 saturated heterocycles. The Hall–Kier alpha value is -2.57. The van der Waals surface area contributed by atoms with E-state index in [-0.39, 0.29) is 11.8 Å². The van der Waals surface area contributed by atoms with Gasteiger partial charge in [0, 0.05) is 48.7 Å². The van der Waals surface area contributed by atoms with E-state index in [0.717, 1.165) is 31.6 Å². The van der Waals surface area contributed by atoms with Gasteiger partial charge in [0.1, 0.15) is 0 Å². The van der Waals surface area contributed by atoms with Gasteiger partial charge in [0.2, 0.25) is 0 Å². The van der Waals surface area contributed by atoms with Crippen LogP contribution in [0.1, 0.15) is 33.6 Å². The lowest BCUT2D eigenvalue weighted by Gasteiger charge is -2.22. The van der Waals surface area contributed by atoms with Crippen LogP contribution in [0.3, 0.4) is 0 Å². The molecule has 0 unspecified atom stereocenters. The molecule has 2 N–H and O–H groups in total. The van der Waals surface area contributed by atoms with E-state index >= 15 is 0 Å². The summed E-state index contributed by atoms with van der Waals surface area (Å²) in [5.74, 6) is -0.458. The van der Waals surface area contributed by atoms with Crippen molar-refractivity contribution in [2.45, 2.75) is 12.8 Å². The molecule has 1 aliphatic rings. The van der Waals surface area contributed by atoms with Crippen molar-refractivity contribution in [3.8, 4) is 0 Å². The minimum atomic E-state index is -0.276. The second-order valence-corrected chi connectivity index (χ2v) is 7.08. The number of halogens is 1. The minimum absolute atomic E-state index is 0.183. The number of rotatable bonds is 7. The number of benzene rings is 2. The number of amides is 2. The number of ether oxygens (including phenoxy) is 1. The van der Waals surface area contributed by atoms with Crippen molar-refractivity contribution in [3.63, 3.8) is 0 Å². The third-order valence-corrected chi connectivity index (χ3v) is 4.86.